The van der Waals surface area contributed by atoms with Gasteiger partial charge in [-0.05, 0) is 55.0 Å². The van der Waals surface area contributed by atoms with Crippen LogP contribution < -0.4 is 0 Å². The van der Waals surface area contributed by atoms with Crippen molar-refractivity contribution in [3.63, 3.8) is 0 Å². The fourth-order valence-corrected chi connectivity index (χ4v) is 4.61. The van der Waals surface area contributed by atoms with E-state index in [0.717, 1.165) is 28.2 Å². The second-order valence-electron chi connectivity index (χ2n) is 6.09. The number of hydrogen-bond acceptors (Lipinski definition) is 3. The zero-order chi connectivity index (χ0) is 20.9. The summed E-state index contributed by atoms with van der Waals surface area (Å²) in [5, 5.41) is 9.20. The largest absolute Gasteiger partial charge is 0.481 e. The first-order valence-electron chi connectivity index (χ1n) is 7.87. The lowest BCUT2D eigenvalue weighted by molar-refractivity contribution is -0.138. The van der Waals surface area contributed by atoms with Crippen molar-refractivity contribution in [1.82, 2.24) is 3.97 Å². The lowest BCUT2D eigenvalue weighted by Crippen LogP contribution is -2.15. The third kappa shape index (κ3) is 3.35. The predicted octanol–water partition coefficient (Wildman–Crippen LogP) is 3.97. The fourth-order valence-electron chi connectivity index (χ4n) is 3.03. The van der Waals surface area contributed by atoms with Crippen LogP contribution in [0, 0.1) is 12.7 Å². The zero-order valence-electron chi connectivity index (χ0n) is 14.3. The Morgan fingerprint density at radius 2 is 1.71 bits per heavy atom. The average Bonchev–Trinajstić information content (AvgIpc) is 2.86. The molecule has 3 aromatic rings. The molecule has 0 radical (unpaired) electrons. The number of aliphatic carboxylic acids is 1. The second-order valence-corrected chi connectivity index (χ2v) is 7.87. The molecule has 28 heavy (non-hydrogen) atoms. The highest BCUT2D eigenvalue weighted by Crippen LogP contribution is 2.33. The summed E-state index contributed by atoms with van der Waals surface area (Å²) in [5.41, 5.74) is -0.815. The molecule has 0 aliphatic carbocycles. The molecule has 0 saturated heterocycles. The van der Waals surface area contributed by atoms with Gasteiger partial charge in [0, 0.05) is 11.1 Å². The summed E-state index contributed by atoms with van der Waals surface area (Å²) in [6.45, 7) is 1.36. The number of halogens is 4. The van der Waals surface area contributed by atoms with Gasteiger partial charge in [-0.3, -0.25) is 4.79 Å². The molecule has 2 aromatic carbocycles. The summed E-state index contributed by atoms with van der Waals surface area (Å²) >= 11 is 0. The molecule has 0 aliphatic rings. The maximum Gasteiger partial charge on any atom is 0.416 e. The van der Waals surface area contributed by atoms with Gasteiger partial charge in [0.05, 0.1) is 22.4 Å². The lowest BCUT2D eigenvalue weighted by Gasteiger charge is -2.12. The normalized spacial score (nSPS) is 12.5. The Morgan fingerprint density at radius 3 is 2.25 bits per heavy atom. The van der Waals surface area contributed by atoms with Crippen LogP contribution >= 0.6 is 0 Å². The van der Waals surface area contributed by atoms with Gasteiger partial charge in [-0.25, -0.2) is 16.8 Å². The van der Waals surface area contributed by atoms with Crippen LogP contribution in [0.25, 0.3) is 10.9 Å². The standard InChI is InChI=1S/C18H13F4NO4S/c1-10-14(9-17(24)25)15-8-12(19)4-7-16(15)23(10)28(26,27)13-5-2-11(3-6-13)18(20,21)22/h2-8H,9H2,1H3,(H,24,25). The van der Waals surface area contributed by atoms with Crippen molar-refractivity contribution in [3.05, 3.63) is 65.1 Å². The van der Waals surface area contributed by atoms with E-state index in [1.807, 2.05) is 0 Å². The number of aromatic nitrogens is 1. The predicted molar refractivity (Wildman–Crippen MR) is 92.0 cm³/mol. The Kier molecular flexibility index (Phi) is 4.70. The van der Waals surface area contributed by atoms with Crippen molar-refractivity contribution in [2.75, 3.05) is 0 Å². The molecule has 0 atom stereocenters. The van der Waals surface area contributed by atoms with E-state index >= 15 is 0 Å². The van der Waals surface area contributed by atoms with E-state index in [2.05, 4.69) is 0 Å². The van der Waals surface area contributed by atoms with E-state index < -0.39 is 44.9 Å². The number of alkyl halides is 3. The van der Waals surface area contributed by atoms with Crippen molar-refractivity contribution >= 4 is 26.9 Å². The van der Waals surface area contributed by atoms with Crippen molar-refractivity contribution < 1.29 is 35.9 Å². The maximum atomic E-state index is 13.7. The number of fused-ring (bicyclic) bond motifs is 1. The molecule has 0 amide bonds. The van der Waals surface area contributed by atoms with Gasteiger partial charge in [-0.2, -0.15) is 13.2 Å². The van der Waals surface area contributed by atoms with E-state index in [9.17, 15) is 30.8 Å². The fraction of sp³-hybridized carbons (Fsp3) is 0.167. The number of rotatable bonds is 4. The molecule has 1 heterocycles. The summed E-state index contributed by atoms with van der Waals surface area (Å²) < 4.78 is 78.8. The van der Waals surface area contributed by atoms with Crippen LogP contribution in [0.15, 0.2) is 47.4 Å². The van der Waals surface area contributed by atoms with E-state index in [1.165, 1.54) is 13.0 Å². The minimum atomic E-state index is -4.62. The quantitative estimate of drug-likeness (QED) is 0.655. The van der Waals surface area contributed by atoms with Crippen LogP contribution in [0.4, 0.5) is 17.6 Å². The molecule has 1 N–H and O–H groups in total. The lowest BCUT2D eigenvalue weighted by atomic mass is 10.1. The smallest absolute Gasteiger partial charge is 0.416 e. The molecule has 0 saturated carbocycles. The molecule has 1 aromatic heterocycles. The van der Waals surface area contributed by atoms with Crippen LogP contribution in [-0.4, -0.2) is 23.5 Å². The van der Waals surface area contributed by atoms with Crippen molar-refractivity contribution in [3.8, 4) is 0 Å². The minimum absolute atomic E-state index is 0.0371. The minimum Gasteiger partial charge on any atom is -0.481 e. The number of carbonyl (C=O) groups is 1. The van der Waals surface area contributed by atoms with E-state index in [4.69, 9.17) is 5.11 Å². The monoisotopic (exact) mass is 415 g/mol. The third-order valence-electron chi connectivity index (χ3n) is 4.29. The van der Waals surface area contributed by atoms with E-state index in [-0.39, 0.29) is 22.2 Å². The molecule has 0 fully saturated rings. The van der Waals surface area contributed by atoms with Gasteiger partial charge < -0.3 is 5.11 Å². The Morgan fingerprint density at radius 1 is 1.11 bits per heavy atom. The van der Waals surface area contributed by atoms with Crippen LogP contribution in [-0.2, 0) is 27.4 Å². The summed E-state index contributed by atoms with van der Waals surface area (Å²) in [6, 6.07) is 6.17. The Labute approximate surface area is 156 Å². The van der Waals surface area contributed by atoms with Gasteiger partial charge >= 0.3 is 12.1 Å². The topological polar surface area (TPSA) is 76.4 Å². The van der Waals surface area contributed by atoms with Gasteiger partial charge in [0.2, 0.25) is 0 Å². The van der Waals surface area contributed by atoms with Gasteiger partial charge in [-0.15, -0.1) is 0 Å². The first-order chi connectivity index (χ1) is 12.9. The maximum absolute atomic E-state index is 13.7. The first-order valence-corrected chi connectivity index (χ1v) is 9.31. The van der Waals surface area contributed by atoms with Crippen molar-refractivity contribution in [1.29, 1.82) is 0 Å². The molecule has 10 heteroatoms. The Bertz CT molecular complexity index is 1180. The molecule has 0 bridgehead atoms. The number of benzene rings is 2. The van der Waals surface area contributed by atoms with Gasteiger partial charge in [0.1, 0.15) is 5.82 Å². The average molecular weight is 415 g/mol. The van der Waals surface area contributed by atoms with E-state index in [1.54, 1.807) is 0 Å². The molecule has 5 nitrogen and oxygen atoms in total. The van der Waals surface area contributed by atoms with Crippen molar-refractivity contribution in [2.45, 2.75) is 24.4 Å². The Balaban J connectivity index is 2.25. The molecular weight excluding hydrogens is 402 g/mol. The Hall–Kier alpha value is -2.88. The van der Waals surface area contributed by atoms with Gasteiger partial charge in [-0.1, -0.05) is 0 Å². The number of nitrogens with zero attached hydrogens (tertiary/aromatic N) is 1. The number of hydrogen-bond donors (Lipinski definition) is 1. The highest BCUT2D eigenvalue weighted by Gasteiger charge is 2.31. The van der Waals surface area contributed by atoms with Crippen LogP contribution in [0.2, 0.25) is 0 Å². The first kappa shape index (κ1) is 19.9. The molecule has 148 valence electrons. The van der Waals surface area contributed by atoms with Crippen LogP contribution in [0.3, 0.4) is 0 Å². The highest BCUT2D eigenvalue weighted by molar-refractivity contribution is 7.90. The summed E-state index contributed by atoms with van der Waals surface area (Å²) in [4.78, 5) is 10.7. The molecule has 0 aliphatic heterocycles. The van der Waals surface area contributed by atoms with Gasteiger partial charge in [0.15, 0.2) is 0 Å². The van der Waals surface area contributed by atoms with Crippen LogP contribution in [0.1, 0.15) is 16.8 Å². The highest BCUT2D eigenvalue weighted by atomic mass is 32.2. The zero-order valence-corrected chi connectivity index (χ0v) is 15.1. The van der Waals surface area contributed by atoms with Crippen molar-refractivity contribution in [2.24, 2.45) is 0 Å². The molecular formula is C18H13F4NO4S. The van der Waals surface area contributed by atoms with Crippen LogP contribution in [0.5, 0.6) is 0 Å². The molecule has 3 rings (SSSR count). The molecule has 0 spiro atoms. The molecule has 0 unspecified atom stereocenters. The summed E-state index contributed by atoms with van der Waals surface area (Å²) in [7, 11) is -4.35. The summed E-state index contributed by atoms with van der Waals surface area (Å²) in [5.74, 6) is -1.92. The van der Waals surface area contributed by atoms with E-state index in [0.29, 0.717) is 12.1 Å². The van der Waals surface area contributed by atoms with Gasteiger partial charge in [0.25, 0.3) is 10.0 Å². The second kappa shape index (κ2) is 6.62. The SMILES string of the molecule is Cc1c(CC(=O)O)c2cc(F)ccc2n1S(=O)(=O)c1ccc(C(F)(F)F)cc1. The summed E-state index contributed by atoms with van der Waals surface area (Å²) in [6.07, 6.45) is -5.16. The third-order valence-corrected chi connectivity index (χ3v) is 6.11. The number of carboxylic acid groups (broad SMARTS) is 1. The number of carboxylic acids is 1.